The third-order valence-electron chi connectivity index (χ3n) is 1.58. The number of hydrogen-bond acceptors (Lipinski definition) is 3. The number of aryl methyl sites for hydroxylation is 1. The normalized spacial score (nSPS) is 9.73. The fourth-order valence-electron chi connectivity index (χ4n) is 0.865. The van der Waals surface area contributed by atoms with Gasteiger partial charge in [-0.2, -0.15) is 0 Å². The zero-order valence-electron chi connectivity index (χ0n) is 6.36. The van der Waals surface area contributed by atoms with E-state index in [4.69, 9.17) is 10.4 Å². The second-order valence-corrected chi connectivity index (χ2v) is 2.31. The molecule has 2 N–H and O–H groups in total. The van der Waals surface area contributed by atoms with Gasteiger partial charge in [0.05, 0.1) is 5.69 Å². The molecule has 0 atom stereocenters. The Balaban J connectivity index is 2.83. The first-order valence-corrected chi connectivity index (χ1v) is 3.51. The maximum atomic E-state index is 8.58. The lowest BCUT2D eigenvalue weighted by atomic mass is 10.2. The average Bonchev–Trinajstić information content (AvgIpc) is 2.05. The van der Waals surface area contributed by atoms with Gasteiger partial charge in [-0.05, 0) is 24.1 Å². The predicted octanol–water partition coefficient (Wildman–Crippen LogP) is 1.83. The van der Waals surface area contributed by atoms with Crippen LogP contribution in [0.3, 0.4) is 0 Å². The van der Waals surface area contributed by atoms with Crippen molar-refractivity contribution in [2.24, 2.45) is 0 Å². The van der Waals surface area contributed by atoms with Crippen LogP contribution in [0.15, 0.2) is 24.3 Å². The molecule has 3 nitrogen and oxygen atoms in total. The molecule has 1 aromatic rings. The van der Waals surface area contributed by atoms with Crippen molar-refractivity contribution in [3.8, 4) is 0 Å². The van der Waals surface area contributed by atoms with E-state index in [0.717, 1.165) is 6.42 Å². The summed E-state index contributed by atoms with van der Waals surface area (Å²) in [5.74, 6) is 0. The summed E-state index contributed by atoms with van der Waals surface area (Å²) in [6.07, 6.45) is 0.955. The van der Waals surface area contributed by atoms with Crippen LogP contribution in [0.25, 0.3) is 0 Å². The van der Waals surface area contributed by atoms with Gasteiger partial charge in [-0.15, -0.1) is 5.23 Å². The highest BCUT2D eigenvalue weighted by Crippen LogP contribution is 2.11. The van der Waals surface area contributed by atoms with Crippen molar-refractivity contribution >= 4 is 5.69 Å². The van der Waals surface area contributed by atoms with Gasteiger partial charge in [0.2, 0.25) is 0 Å². The molecule has 0 spiro atoms. The van der Waals surface area contributed by atoms with Crippen LogP contribution in [0.4, 0.5) is 5.69 Å². The molecule has 0 bridgehead atoms. The van der Waals surface area contributed by atoms with Crippen molar-refractivity contribution in [1.29, 1.82) is 0 Å². The highest BCUT2D eigenvalue weighted by atomic mass is 16.8. The molecular formula is C8H11NO2. The largest absolute Gasteiger partial charge is 0.264 e. The Morgan fingerprint density at radius 1 is 1.18 bits per heavy atom. The smallest absolute Gasteiger partial charge is 0.0942 e. The van der Waals surface area contributed by atoms with E-state index in [1.807, 2.05) is 19.1 Å². The molecular weight excluding hydrogens is 142 g/mol. The Morgan fingerprint density at radius 3 is 2.09 bits per heavy atom. The molecule has 0 fully saturated rings. The second kappa shape index (κ2) is 3.37. The van der Waals surface area contributed by atoms with Gasteiger partial charge in [0.15, 0.2) is 0 Å². The van der Waals surface area contributed by atoms with Crippen LogP contribution >= 0.6 is 0 Å². The molecule has 0 unspecified atom stereocenters. The minimum Gasteiger partial charge on any atom is -0.264 e. The minimum atomic E-state index is 0.111. The van der Waals surface area contributed by atoms with Crippen LogP contribution < -0.4 is 5.23 Å². The van der Waals surface area contributed by atoms with Crippen LogP contribution in [-0.4, -0.2) is 10.4 Å². The molecule has 3 heteroatoms. The van der Waals surface area contributed by atoms with Crippen LogP contribution in [0.5, 0.6) is 0 Å². The summed E-state index contributed by atoms with van der Waals surface area (Å²) in [5, 5.41) is 17.3. The Kier molecular flexibility index (Phi) is 2.46. The molecule has 0 saturated carbocycles. The van der Waals surface area contributed by atoms with E-state index in [1.54, 1.807) is 12.1 Å². The first-order valence-electron chi connectivity index (χ1n) is 3.51. The van der Waals surface area contributed by atoms with E-state index in [0.29, 0.717) is 5.69 Å². The molecule has 1 aromatic carbocycles. The number of hydrogen-bond donors (Lipinski definition) is 2. The molecule has 60 valence electrons. The fraction of sp³-hybridized carbons (Fsp3) is 0.250. The number of rotatable bonds is 2. The zero-order chi connectivity index (χ0) is 8.27. The Hall–Kier alpha value is -1.06. The van der Waals surface area contributed by atoms with Crippen molar-refractivity contribution in [2.45, 2.75) is 13.3 Å². The topological polar surface area (TPSA) is 43.7 Å². The minimum absolute atomic E-state index is 0.111. The third kappa shape index (κ3) is 1.93. The van der Waals surface area contributed by atoms with E-state index in [2.05, 4.69) is 0 Å². The summed E-state index contributed by atoms with van der Waals surface area (Å²) in [6, 6.07) is 7.02. The Labute approximate surface area is 65.4 Å². The van der Waals surface area contributed by atoms with Gasteiger partial charge in [0.1, 0.15) is 0 Å². The van der Waals surface area contributed by atoms with Gasteiger partial charge in [-0.1, -0.05) is 19.1 Å². The van der Waals surface area contributed by atoms with E-state index in [-0.39, 0.29) is 5.23 Å². The molecule has 11 heavy (non-hydrogen) atoms. The Bertz CT molecular complexity index is 218. The van der Waals surface area contributed by atoms with Crippen molar-refractivity contribution in [3.05, 3.63) is 29.8 Å². The summed E-state index contributed by atoms with van der Waals surface area (Å²) in [4.78, 5) is 0. The van der Waals surface area contributed by atoms with Gasteiger partial charge >= 0.3 is 0 Å². The second-order valence-electron chi connectivity index (χ2n) is 2.31. The SMILES string of the molecule is CCc1ccc(N(O)O)cc1. The highest BCUT2D eigenvalue weighted by molar-refractivity contribution is 5.42. The fourth-order valence-corrected chi connectivity index (χ4v) is 0.865. The molecule has 0 aliphatic heterocycles. The zero-order valence-corrected chi connectivity index (χ0v) is 6.36. The summed E-state index contributed by atoms with van der Waals surface area (Å²) in [7, 11) is 0. The predicted molar refractivity (Wildman–Crippen MR) is 41.9 cm³/mol. The monoisotopic (exact) mass is 153 g/mol. The summed E-state index contributed by atoms with van der Waals surface area (Å²) >= 11 is 0. The maximum Gasteiger partial charge on any atom is 0.0942 e. The van der Waals surface area contributed by atoms with Gasteiger partial charge < -0.3 is 0 Å². The Morgan fingerprint density at radius 2 is 1.73 bits per heavy atom. The van der Waals surface area contributed by atoms with Crippen molar-refractivity contribution in [1.82, 2.24) is 0 Å². The molecule has 0 amide bonds. The van der Waals surface area contributed by atoms with E-state index < -0.39 is 0 Å². The van der Waals surface area contributed by atoms with E-state index >= 15 is 0 Å². The van der Waals surface area contributed by atoms with Crippen LogP contribution in [-0.2, 0) is 6.42 Å². The number of nitrogens with zero attached hydrogens (tertiary/aromatic N) is 1. The number of anilines is 1. The molecule has 0 radical (unpaired) electrons. The van der Waals surface area contributed by atoms with E-state index in [9.17, 15) is 0 Å². The third-order valence-corrected chi connectivity index (χ3v) is 1.58. The molecule has 0 aliphatic carbocycles. The molecule has 0 saturated heterocycles. The van der Waals surface area contributed by atoms with Gasteiger partial charge in [-0.3, -0.25) is 10.4 Å². The summed E-state index contributed by atoms with van der Waals surface area (Å²) in [6.45, 7) is 2.05. The lowest BCUT2D eigenvalue weighted by molar-refractivity contribution is 0.0291. The maximum absolute atomic E-state index is 8.58. The highest BCUT2D eigenvalue weighted by Gasteiger charge is 1.96. The van der Waals surface area contributed by atoms with Crippen LogP contribution in [0.2, 0.25) is 0 Å². The van der Waals surface area contributed by atoms with Crippen molar-refractivity contribution in [2.75, 3.05) is 5.23 Å². The number of benzene rings is 1. The van der Waals surface area contributed by atoms with Gasteiger partial charge in [0, 0.05) is 0 Å². The summed E-state index contributed by atoms with van der Waals surface area (Å²) < 4.78 is 0. The first-order chi connectivity index (χ1) is 5.24. The lowest BCUT2D eigenvalue weighted by Crippen LogP contribution is -2.10. The molecule has 1 rings (SSSR count). The molecule has 0 heterocycles. The van der Waals surface area contributed by atoms with Gasteiger partial charge in [-0.25, -0.2) is 0 Å². The van der Waals surface area contributed by atoms with Crippen molar-refractivity contribution < 1.29 is 10.4 Å². The summed E-state index contributed by atoms with van der Waals surface area (Å²) in [5.41, 5.74) is 1.55. The first kappa shape index (κ1) is 8.04. The van der Waals surface area contributed by atoms with Crippen LogP contribution in [0.1, 0.15) is 12.5 Å². The van der Waals surface area contributed by atoms with Crippen LogP contribution in [0, 0.1) is 0 Å². The van der Waals surface area contributed by atoms with Gasteiger partial charge in [0.25, 0.3) is 0 Å². The average molecular weight is 153 g/mol. The van der Waals surface area contributed by atoms with E-state index in [1.165, 1.54) is 5.56 Å². The quantitative estimate of drug-likeness (QED) is 0.637. The lowest BCUT2D eigenvalue weighted by Gasteiger charge is -2.07. The molecule has 0 aliphatic rings. The standard InChI is InChI=1S/C8H11NO2/c1-2-7-3-5-8(6-4-7)9(10)11/h3-6,10-11H,2H2,1H3. The van der Waals surface area contributed by atoms with Crippen molar-refractivity contribution in [3.63, 3.8) is 0 Å². The molecule has 0 aromatic heterocycles.